The molecule has 0 heterocycles. The lowest BCUT2D eigenvalue weighted by Crippen LogP contribution is -2.36. The Morgan fingerprint density at radius 1 is 0.974 bits per heavy atom. The summed E-state index contributed by atoms with van der Waals surface area (Å²) < 4.78 is 30.7. The topological polar surface area (TPSA) is 145 Å². The van der Waals surface area contributed by atoms with Crippen LogP contribution >= 0.6 is 0 Å². The van der Waals surface area contributed by atoms with E-state index in [1.165, 1.54) is 0 Å². The first-order chi connectivity index (χ1) is 18.4. The Morgan fingerprint density at radius 3 is 2.21 bits per heavy atom. The van der Waals surface area contributed by atoms with Crippen molar-refractivity contribution >= 4 is 27.7 Å². The van der Waals surface area contributed by atoms with Crippen molar-refractivity contribution in [3.63, 3.8) is 0 Å². The number of nitrogens with zero attached hydrogens (tertiary/aromatic N) is 1. The molecule has 0 aliphatic rings. The third kappa shape index (κ3) is 9.01. The molecule has 0 aliphatic heterocycles. The summed E-state index contributed by atoms with van der Waals surface area (Å²) in [5.74, 6) is -0.181. The Labute approximate surface area is 228 Å². The van der Waals surface area contributed by atoms with Crippen LogP contribution in [-0.4, -0.2) is 67.5 Å². The van der Waals surface area contributed by atoms with Gasteiger partial charge in [-0.25, -0.2) is 17.9 Å². The zero-order chi connectivity index (χ0) is 28.6. The number of hydrogen-bond donors (Lipinski definition) is 4. The van der Waals surface area contributed by atoms with Crippen LogP contribution in [0.3, 0.4) is 0 Å². The fraction of sp³-hybridized carbons (Fsp3) is 0.286. The molecule has 0 bridgehead atoms. The first kappa shape index (κ1) is 29.5. The van der Waals surface area contributed by atoms with Crippen molar-refractivity contribution < 1.29 is 33.0 Å². The SMILES string of the molecule is CC(C)Nc1cc(-c2ccc(OCCN(C[C@@H](O)c3ccccc3)C(=O)O)cc2)ccc1C(=O)NS(C)(=O)=O. The molecule has 0 aromatic heterocycles. The molecular formula is C28H33N3O7S. The first-order valence-electron chi connectivity index (χ1n) is 12.3. The third-order valence-electron chi connectivity index (χ3n) is 5.65. The van der Waals surface area contributed by atoms with Crippen LogP contribution in [0.1, 0.15) is 35.9 Å². The van der Waals surface area contributed by atoms with E-state index in [9.17, 15) is 28.2 Å². The highest BCUT2D eigenvalue weighted by Gasteiger charge is 2.19. The van der Waals surface area contributed by atoms with E-state index in [-0.39, 0.29) is 31.3 Å². The van der Waals surface area contributed by atoms with Gasteiger partial charge in [-0.1, -0.05) is 48.5 Å². The molecule has 0 fully saturated rings. The quantitative estimate of drug-likeness (QED) is 0.263. The summed E-state index contributed by atoms with van der Waals surface area (Å²) in [5, 5.41) is 23.1. The summed E-state index contributed by atoms with van der Waals surface area (Å²) in [7, 11) is -3.71. The number of carboxylic acid groups (broad SMARTS) is 1. The molecule has 0 radical (unpaired) electrons. The van der Waals surface area contributed by atoms with Gasteiger partial charge in [0.25, 0.3) is 5.91 Å². The van der Waals surface area contributed by atoms with E-state index < -0.39 is 28.1 Å². The fourth-order valence-electron chi connectivity index (χ4n) is 3.85. The number of anilines is 1. The number of amides is 2. The summed E-state index contributed by atoms with van der Waals surface area (Å²) in [5.41, 5.74) is 2.97. The highest BCUT2D eigenvalue weighted by molar-refractivity contribution is 7.89. The van der Waals surface area contributed by atoms with Crippen molar-refractivity contribution in [1.82, 2.24) is 9.62 Å². The molecule has 208 valence electrons. The normalized spacial score (nSPS) is 12.0. The molecule has 39 heavy (non-hydrogen) atoms. The minimum Gasteiger partial charge on any atom is -0.492 e. The van der Waals surface area contributed by atoms with E-state index in [0.29, 0.717) is 17.0 Å². The first-order valence-corrected chi connectivity index (χ1v) is 14.2. The van der Waals surface area contributed by atoms with E-state index in [0.717, 1.165) is 22.3 Å². The molecule has 1 atom stereocenters. The maximum absolute atomic E-state index is 12.5. The summed E-state index contributed by atoms with van der Waals surface area (Å²) in [4.78, 5) is 25.2. The second-order valence-corrected chi connectivity index (χ2v) is 11.0. The van der Waals surface area contributed by atoms with E-state index in [1.807, 2.05) is 36.8 Å². The lowest BCUT2D eigenvalue weighted by atomic mass is 10.0. The van der Waals surface area contributed by atoms with Crippen LogP contribution in [0.5, 0.6) is 5.75 Å². The number of aliphatic hydroxyl groups is 1. The average Bonchev–Trinajstić information content (AvgIpc) is 2.87. The molecule has 0 saturated heterocycles. The predicted octanol–water partition coefficient (Wildman–Crippen LogP) is 3.96. The van der Waals surface area contributed by atoms with Gasteiger partial charge in [0.2, 0.25) is 10.0 Å². The van der Waals surface area contributed by atoms with E-state index in [2.05, 4.69) is 5.32 Å². The second-order valence-electron chi connectivity index (χ2n) is 9.29. The Bertz CT molecular complexity index is 1380. The number of sulfonamides is 1. The zero-order valence-electron chi connectivity index (χ0n) is 22.0. The van der Waals surface area contributed by atoms with Crippen LogP contribution in [0.4, 0.5) is 10.5 Å². The molecule has 0 aliphatic carbocycles. The number of aliphatic hydroxyl groups excluding tert-OH is 1. The van der Waals surface area contributed by atoms with Crippen molar-refractivity contribution in [1.29, 1.82) is 0 Å². The van der Waals surface area contributed by atoms with E-state index >= 15 is 0 Å². The number of benzene rings is 3. The van der Waals surface area contributed by atoms with Gasteiger partial charge >= 0.3 is 6.09 Å². The summed E-state index contributed by atoms with van der Waals surface area (Å²) in [6.07, 6.45) is -1.17. The standard InChI is InChI=1S/C28H33N3O7S/c1-19(2)29-25-17-22(11-14-24(25)27(33)30-39(3,36)37)20-9-12-23(13-10-20)38-16-15-31(28(34)35)18-26(32)21-7-5-4-6-8-21/h4-14,17,19,26,29,32H,15-16,18H2,1-3H3,(H,30,33)(H,34,35)/t26-/m1/s1. The molecule has 0 spiro atoms. The molecule has 10 nitrogen and oxygen atoms in total. The van der Waals surface area contributed by atoms with Gasteiger partial charge in [0.15, 0.2) is 0 Å². The van der Waals surface area contributed by atoms with Crippen molar-refractivity contribution in [3.8, 4) is 16.9 Å². The third-order valence-corrected chi connectivity index (χ3v) is 6.21. The molecule has 0 unspecified atom stereocenters. The van der Waals surface area contributed by atoms with Crippen molar-refractivity contribution in [2.45, 2.75) is 26.0 Å². The van der Waals surface area contributed by atoms with Crippen LogP contribution in [0.25, 0.3) is 11.1 Å². The second kappa shape index (κ2) is 13.1. The highest BCUT2D eigenvalue weighted by atomic mass is 32.2. The summed E-state index contributed by atoms with van der Waals surface area (Å²) in [6, 6.07) is 21.1. The molecule has 3 aromatic carbocycles. The van der Waals surface area contributed by atoms with Gasteiger partial charge in [-0.2, -0.15) is 0 Å². The van der Waals surface area contributed by atoms with E-state index in [1.54, 1.807) is 54.6 Å². The smallest absolute Gasteiger partial charge is 0.407 e. The van der Waals surface area contributed by atoms with Crippen LogP contribution in [0.2, 0.25) is 0 Å². The molecular weight excluding hydrogens is 522 g/mol. The summed E-state index contributed by atoms with van der Waals surface area (Å²) >= 11 is 0. The molecule has 4 N–H and O–H groups in total. The number of carbonyl (C=O) groups is 2. The number of ether oxygens (including phenoxy) is 1. The van der Waals surface area contributed by atoms with Gasteiger partial charge in [0, 0.05) is 11.7 Å². The predicted molar refractivity (Wildman–Crippen MR) is 149 cm³/mol. The minimum absolute atomic E-state index is 0.0000157. The molecule has 0 saturated carbocycles. The van der Waals surface area contributed by atoms with Gasteiger partial charge in [0.1, 0.15) is 12.4 Å². The Kier molecular flexibility index (Phi) is 9.91. The fourth-order valence-corrected chi connectivity index (χ4v) is 4.29. The highest BCUT2D eigenvalue weighted by Crippen LogP contribution is 2.28. The Morgan fingerprint density at radius 2 is 1.62 bits per heavy atom. The van der Waals surface area contributed by atoms with Crippen molar-refractivity contribution in [3.05, 3.63) is 83.9 Å². The van der Waals surface area contributed by atoms with Gasteiger partial charge in [-0.3, -0.25) is 4.79 Å². The number of carbonyl (C=O) groups excluding carboxylic acids is 1. The lowest BCUT2D eigenvalue weighted by molar-refractivity contribution is 0.0894. The van der Waals surface area contributed by atoms with Crippen molar-refractivity contribution in [2.75, 3.05) is 31.3 Å². The van der Waals surface area contributed by atoms with Gasteiger partial charge < -0.3 is 25.2 Å². The molecule has 3 aromatic rings. The Hall–Kier alpha value is -4.09. The zero-order valence-corrected chi connectivity index (χ0v) is 22.8. The average molecular weight is 556 g/mol. The number of rotatable bonds is 12. The molecule has 2 amide bonds. The van der Waals surface area contributed by atoms with Crippen LogP contribution in [-0.2, 0) is 10.0 Å². The Balaban J connectivity index is 1.65. The van der Waals surface area contributed by atoms with Gasteiger partial charge in [0.05, 0.1) is 31.0 Å². The number of hydrogen-bond acceptors (Lipinski definition) is 7. The minimum atomic E-state index is -3.71. The molecule has 3 rings (SSSR count). The summed E-state index contributed by atoms with van der Waals surface area (Å²) in [6.45, 7) is 3.91. The largest absolute Gasteiger partial charge is 0.492 e. The monoisotopic (exact) mass is 555 g/mol. The van der Waals surface area contributed by atoms with Crippen LogP contribution in [0.15, 0.2) is 72.8 Å². The van der Waals surface area contributed by atoms with E-state index in [4.69, 9.17) is 4.74 Å². The number of nitrogens with one attached hydrogen (secondary N) is 2. The van der Waals surface area contributed by atoms with Crippen LogP contribution < -0.4 is 14.8 Å². The molecule has 11 heteroatoms. The van der Waals surface area contributed by atoms with Gasteiger partial charge in [-0.15, -0.1) is 0 Å². The maximum atomic E-state index is 12.5. The maximum Gasteiger partial charge on any atom is 0.407 e. The van der Waals surface area contributed by atoms with Crippen molar-refractivity contribution in [2.24, 2.45) is 0 Å². The van der Waals surface area contributed by atoms with Gasteiger partial charge in [-0.05, 0) is 54.8 Å². The van der Waals surface area contributed by atoms with Crippen LogP contribution in [0, 0.1) is 0 Å². The lowest BCUT2D eigenvalue weighted by Gasteiger charge is -2.22.